The summed E-state index contributed by atoms with van der Waals surface area (Å²) in [5, 5.41) is 18.5. The lowest BCUT2D eigenvalue weighted by Gasteiger charge is -2.21. The standard InChI is InChI=1S/C18H14F3N3O3S/c1-17(2,3)15-8-13(12-6-4-5-11(7-12)9-22)14(10-23)16(24-15)27-28(25,26)18(19,20)21/h4-8H,1-3H3. The van der Waals surface area contributed by atoms with E-state index < -0.39 is 32.5 Å². The van der Waals surface area contributed by atoms with Gasteiger partial charge in [0.1, 0.15) is 11.6 Å². The van der Waals surface area contributed by atoms with Crippen LogP contribution in [-0.4, -0.2) is 18.9 Å². The number of nitriles is 2. The SMILES string of the molecule is CC(C)(C)c1cc(-c2cccc(C#N)c2)c(C#N)c(OS(=O)(=O)C(F)(F)F)n1. The van der Waals surface area contributed by atoms with Crippen molar-refractivity contribution >= 4 is 10.1 Å². The summed E-state index contributed by atoms with van der Waals surface area (Å²) in [6, 6.07) is 11.0. The molecule has 0 N–H and O–H groups in total. The van der Waals surface area contributed by atoms with Crippen molar-refractivity contribution in [2.24, 2.45) is 0 Å². The van der Waals surface area contributed by atoms with Gasteiger partial charge in [0.15, 0.2) is 0 Å². The zero-order chi connectivity index (χ0) is 21.3. The Kier molecular flexibility index (Phi) is 5.40. The summed E-state index contributed by atoms with van der Waals surface area (Å²) in [4.78, 5) is 3.85. The van der Waals surface area contributed by atoms with Crippen molar-refractivity contribution < 1.29 is 25.8 Å². The van der Waals surface area contributed by atoms with Crippen LogP contribution in [0.1, 0.15) is 37.6 Å². The molecule has 0 radical (unpaired) electrons. The second kappa shape index (κ2) is 7.13. The van der Waals surface area contributed by atoms with Gasteiger partial charge in [-0.25, -0.2) is 4.98 Å². The Bertz CT molecular complexity index is 1110. The van der Waals surface area contributed by atoms with Gasteiger partial charge in [-0.3, -0.25) is 0 Å². The normalized spacial score (nSPS) is 12.1. The molecular weight excluding hydrogens is 395 g/mol. The van der Waals surface area contributed by atoms with E-state index in [9.17, 15) is 26.9 Å². The fourth-order valence-electron chi connectivity index (χ4n) is 2.21. The Morgan fingerprint density at radius 3 is 2.21 bits per heavy atom. The van der Waals surface area contributed by atoms with Gasteiger partial charge < -0.3 is 4.18 Å². The van der Waals surface area contributed by atoms with Gasteiger partial charge in [-0.1, -0.05) is 32.9 Å². The van der Waals surface area contributed by atoms with E-state index in [2.05, 4.69) is 9.17 Å². The summed E-state index contributed by atoms with van der Waals surface area (Å²) < 4.78 is 65.4. The summed E-state index contributed by atoms with van der Waals surface area (Å²) in [5.41, 5.74) is -5.98. The molecule has 1 heterocycles. The molecule has 0 atom stereocenters. The van der Waals surface area contributed by atoms with Crippen molar-refractivity contribution in [1.82, 2.24) is 4.98 Å². The minimum atomic E-state index is -6.02. The molecule has 0 aliphatic carbocycles. The van der Waals surface area contributed by atoms with E-state index in [0.29, 0.717) is 5.56 Å². The van der Waals surface area contributed by atoms with Crippen LogP contribution in [0.15, 0.2) is 30.3 Å². The molecule has 0 amide bonds. The van der Waals surface area contributed by atoms with Gasteiger partial charge in [0.25, 0.3) is 5.88 Å². The summed E-state index contributed by atoms with van der Waals surface area (Å²) in [6.07, 6.45) is 0. The summed E-state index contributed by atoms with van der Waals surface area (Å²) in [5.74, 6) is -0.968. The van der Waals surface area contributed by atoms with Crippen LogP contribution in [0.3, 0.4) is 0 Å². The number of pyridine rings is 1. The van der Waals surface area contributed by atoms with Gasteiger partial charge in [0.2, 0.25) is 0 Å². The second-order valence-corrected chi connectivity index (χ2v) is 8.31. The van der Waals surface area contributed by atoms with Gasteiger partial charge in [-0.15, -0.1) is 0 Å². The molecule has 0 aliphatic rings. The van der Waals surface area contributed by atoms with E-state index in [1.54, 1.807) is 26.8 Å². The first-order valence-electron chi connectivity index (χ1n) is 7.77. The molecule has 0 saturated heterocycles. The molecule has 0 saturated carbocycles. The number of halogens is 3. The first kappa shape index (κ1) is 21.2. The van der Waals surface area contributed by atoms with Gasteiger partial charge in [-0.05, 0) is 23.8 Å². The van der Waals surface area contributed by atoms with Crippen LogP contribution in [-0.2, 0) is 15.5 Å². The molecule has 0 fully saturated rings. The maximum absolute atomic E-state index is 12.8. The predicted octanol–water partition coefficient (Wildman–Crippen LogP) is 4.02. The Balaban J connectivity index is 2.83. The van der Waals surface area contributed by atoms with Gasteiger partial charge in [0, 0.05) is 11.0 Å². The van der Waals surface area contributed by atoms with E-state index in [1.165, 1.54) is 30.3 Å². The lowest BCUT2D eigenvalue weighted by molar-refractivity contribution is -0.0501. The molecule has 0 spiro atoms. The van der Waals surface area contributed by atoms with Crippen LogP contribution < -0.4 is 4.18 Å². The first-order valence-corrected chi connectivity index (χ1v) is 9.18. The van der Waals surface area contributed by atoms with Crippen LogP contribution in [0.25, 0.3) is 11.1 Å². The number of hydrogen-bond donors (Lipinski definition) is 0. The second-order valence-electron chi connectivity index (χ2n) is 6.77. The molecule has 0 unspecified atom stereocenters. The highest BCUT2D eigenvalue weighted by atomic mass is 32.2. The monoisotopic (exact) mass is 409 g/mol. The van der Waals surface area contributed by atoms with Crippen LogP contribution in [0.4, 0.5) is 13.2 Å². The number of rotatable bonds is 3. The average molecular weight is 409 g/mol. The third kappa shape index (κ3) is 4.24. The fourth-order valence-corrected chi connectivity index (χ4v) is 2.63. The highest BCUT2D eigenvalue weighted by Crippen LogP contribution is 2.36. The number of aromatic nitrogens is 1. The minimum absolute atomic E-state index is 0.104. The Labute approximate surface area is 159 Å². The Hall–Kier alpha value is -3.11. The summed E-state index contributed by atoms with van der Waals surface area (Å²) in [6.45, 7) is 5.12. The van der Waals surface area contributed by atoms with E-state index in [0.717, 1.165) is 0 Å². The maximum Gasteiger partial charge on any atom is 0.534 e. The van der Waals surface area contributed by atoms with Crippen LogP contribution in [0, 0.1) is 22.7 Å². The van der Waals surface area contributed by atoms with Crippen molar-refractivity contribution in [2.75, 3.05) is 0 Å². The highest BCUT2D eigenvalue weighted by Gasteiger charge is 2.49. The van der Waals surface area contributed by atoms with Crippen molar-refractivity contribution in [2.45, 2.75) is 31.7 Å². The molecule has 0 bridgehead atoms. The Morgan fingerprint density at radius 1 is 1.07 bits per heavy atom. The van der Waals surface area contributed by atoms with E-state index >= 15 is 0 Å². The third-order valence-corrected chi connectivity index (χ3v) is 4.59. The zero-order valence-corrected chi connectivity index (χ0v) is 15.8. The average Bonchev–Trinajstić information content (AvgIpc) is 2.59. The van der Waals surface area contributed by atoms with Gasteiger partial charge in [0.05, 0.1) is 17.3 Å². The number of alkyl halides is 3. The molecule has 0 aliphatic heterocycles. The predicted molar refractivity (Wildman–Crippen MR) is 93.4 cm³/mol. The smallest absolute Gasteiger partial charge is 0.354 e. The number of nitrogens with zero attached hydrogens (tertiary/aromatic N) is 3. The van der Waals surface area contributed by atoms with Crippen molar-refractivity contribution in [3.8, 4) is 29.1 Å². The van der Waals surface area contributed by atoms with Crippen LogP contribution >= 0.6 is 0 Å². The van der Waals surface area contributed by atoms with Crippen LogP contribution in [0.2, 0.25) is 0 Å². The molecule has 2 aromatic rings. The molecule has 1 aromatic carbocycles. The third-order valence-electron chi connectivity index (χ3n) is 3.64. The number of hydrogen-bond acceptors (Lipinski definition) is 6. The highest BCUT2D eigenvalue weighted by molar-refractivity contribution is 7.87. The fraction of sp³-hybridized carbons (Fsp3) is 0.278. The molecule has 1 aromatic heterocycles. The lowest BCUT2D eigenvalue weighted by Crippen LogP contribution is -2.29. The summed E-state index contributed by atoms with van der Waals surface area (Å²) in [7, 11) is -6.02. The van der Waals surface area contributed by atoms with E-state index in [-0.39, 0.29) is 16.8 Å². The van der Waals surface area contributed by atoms with Gasteiger partial charge in [-0.2, -0.15) is 32.1 Å². The molecule has 6 nitrogen and oxygen atoms in total. The largest absolute Gasteiger partial charge is 0.534 e. The van der Waals surface area contributed by atoms with Crippen molar-refractivity contribution in [1.29, 1.82) is 10.5 Å². The van der Waals surface area contributed by atoms with E-state index in [4.69, 9.17) is 5.26 Å². The molecule has 2 rings (SSSR count). The minimum Gasteiger partial charge on any atom is -0.354 e. The Morgan fingerprint density at radius 2 is 1.71 bits per heavy atom. The van der Waals surface area contributed by atoms with Gasteiger partial charge >= 0.3 is 15.6 Å². The lowest BCUT2D eigenvalue weighted by atomic mass is 9.88. The molecule has 146 valence electrons. The van der Waals surface area contributed by atoms with Crippen LogP contribution in [0.5, 0.6) is 5.88 Å². The summed E-state index contributed by atoms with van der Waals surface area (Å²) >= 11 is 0. The van der Waals surface area contributed by atoms with Crippen molar-refractivity contribution in [3.63, 3.8) is 0 Å². The van der Waals surface area contributed by atoms with Crippen molar-refractivity contribution in [3.05, 3.63) is 47.2 Å². The zero-order valence-electron chi connectivity index (χ0n) is 15.0. The molecule has 10 heteroatoms. The number of benzene rings is 1. The molecular formula is C18H14F3N3O3S. The quantitative estimate of drug-likeness (QED) is 0.560. The van der Waals surface area contributed by atoms with E-state index in [1.807, 2.05) is 6.07 Å². The first-order chi connectivity index (χ1) is 12.8. The maximum atomic E-state index is 12.8. The molecule has 28 heavy (non-hydrogen) atoms. The topological polar surface area (TPSA) is 104 Å².